The van der Waals surface area contributed by atoms with Gasteiger partial charge in [0.25, 0.3) is 0 Å². The smallest absolute Gasteiger partial charge is 0.146 e. The number of hydrogen-bond acceptors (Lipinski definition) is 4. The van der Waals surface area contributed by atoms with Crippen LogP contribution < -0.4 is 0 Å². The van der Waals surface area contributed by atoms with E-state index >= 15 is 0 Å². The molecule has 0 bridgehead atoms. The van der Waals surface area contributed by atoms with Gasteiger partial charge in [0.1, 0.15) is 35.4 Å². The van der Waals surface area contributed by atoms with Gasteiger partial charge in [0.2, 0.25) is 0 Å². The molecule has 10 heavy (non-hydrogen) atoms. The van der Waals surface area contributed by atoms with Gasteiger partial charge in [0.15, 0.2) is 0 Å². The summed E-state index contributed by atoms with van der Waals surface area (Å²) in [4.78, 5) is 0. The van der Waals surface area contributed by atoms with Crippen molar-refractivity contribution in [2.45, 2.75) is 18.3 Å². The average molecular weight is 163 g/mol. The molecule has 3 atom stereocenters. The first-order valence-electron chi connectivity index (χ1n) is 3.10. The highest BCUT2D eigenvalue weighted by atomic mass is 28.2. The van der Waals surface area contributed by atoms with Crippen LogP contribution in [-0.4, -0.2) is 45.6 Å². The minimum absolute atomic E-state index is 0.168. The van der Waals surface area contributed by atoms with Gasteiger partial charge in [-0.15, -0.1) is 0 Å². The molecule has 5 heteroatoms. The lowest BCUT2D eigenvalue weighted by Crippen LogP contribution is -2.33. The van der Waals surface area contributed by atoms with Gasteiger partial charge in [-0.3, -0.25) is 0 Å². The van der Waals surface area contributed by atoms with Gasteiger partial charge in [-0.25, -0.2) is 0 Å². The lowest BCUT2D eigenvalue weighted by atomic mass is 10.2. The molecule has 59 valence electrons. The molecular formula is C5H11O4Si. The fourth-order valence-electron chi connectivity index (χ4n) is 0.897. The van der Waals surface area contributed by atoms with Crippen molar-refractivity contribution >= 4 is 10.5 Å². The molecule has 1 rings (SSSR count). The predicted octanol–water partition coefficient (Wildman–Crippen LogP) is -2.43. The van der Waals surface area contributed by atoms with E-state index in [-0.39, 0.29) is 12.7 Å². The second-order valence-electron chi connectivity index (χ2n) is 2.18. The van der Waals surface area contributed by atoms with Gasteiger partial charge < -0.3 is 19.4 Å². The zero-order valence-corrected chi connectivity index (χ0v) is 7.73. The SMILES string of the molecule is OC[C@H]1O[CH][C@@H](O[SiH3])[C@@H]1O. The van der Waals surface area contributed by atoms with Crippen LogP contribution in [0.15, 0.2) is 0 Å². The Kier molecular flexibility index (Phi) is 2.81. The number of hydrogen-bond donors (Lipinski definition) is 2. The zero-order valence-electron chi connectivity index (χ0n) is 5.73. The highest BCUT2D eigenvalue weighted by molar-refractivity contribution is 5.98. The number of aliphatic hydroxyl groups is 2. The van der Waals surface area contributed by atoms with Crippen LogP contribution >= 0.6 is 0 Å². The maximum absolute atomic E-state index is 9.23. The van der Waals surface area contributed by atoms with Crippen molar-refractivity contribution in [2.24, 2.45) is 0 Å². The van der Waals surface area contributed by atoms with E-state index in [0.717, 1.165) is 0 Å². The lowest BCUT2D eigenvalue weighted by Gasteiger charge is -2.13. The molecule has 4 nitrogen and oxygen atoms in total. The van der Waals surface area contributed by atoms with Crippen molar-refractivity contribution in [1.29, 1.82) is 0 Å². The topological polar surface area (TPSA) is 58.9 Å². The van der Waals surface area contributed by atoms with E-state index < -0.39 is 12.2 Å². The third kappa shape index (κ3) is 1.38. The summed E-state index contributed by atoms with van der Waals surface area (Å²) in [7, 11) is 0.561. The van der Waals surface area contributed by atoms with Crippen molar-refractivity contribution < 1.29 is 19.4 Å². The van der Waals surface area contributed by atoms with E-state index in [9.17, 15) is 5.11 Å². The first kappa shape index (κ1) is 8.16. The highest BCUT2D eigenvalue weighted by Gasteiger charge is 2.35. The average Bonchev–Trinajstić information content (AvgIpc) is 2.30. The Balaban J connectivity index is 2.41. The van der Waals surface area contributed by atoms with Crippen molar-refractivity contribution in [3.05, 3.63) is 6.61 Å². The van der Waals surface area contributed by atoms with Gasteiger partial charge in [-0.1, -0.05) is 0 Å². The second-order valence-corrected chi connectivity index (χ2v) is 2.66. The van der Waals surface area contributed by atoms with Crippen LogP contribution in [0.1, 0.15) is 0 Å². The zero-order chi connectivity index (χ0) is 7.56. The van der Waals surface area contributed by atoms with E-state index in [2.05, 4.69) is 0 Å². The van der Waals surface area contributed by atoms with Crippen LogP contribution in [0.5, 0.6) is 0 Å². The quantitative estimate of drug-likeness (QED) is 0.444. The Bertz CT molecular complexity index is 97.8. The monoisotopic (exact) mass is 163 g/mol. The summed E-state index contributed by atoms with van der Waals surface area (Å²) in [5.74, 6) is 0. The molecule has 0 saturated carbocycles. The van der Waals surface area contributed by atoms with Crippen LogP contribution in [0, 0.1) is 6.61 Å². The third-order valence-electron chi connectivity index (χ3n) is 1.56. The van der Waals surface area contributed by atoms with Gasteiger partial charge in [0.05, 0.1) is 6.61 Å². The van der Waals surface area contributed by atoms with Gasteiger partial charge >= 0.3 is 0 Å². The minimum Gasteiger partial charge on any atom is -0.420 e. The van der Waals surface area contributed by atoms with Gasteiger partial charge in [-0.05, 0) is 0 Å². The number of ether oxygens (including phenoxy) is 1. The molecule has 1 aliphatic heterocycles. The molecule has 2 N–H and O–H groups in total. The summed E-state index contributed by atoms with van der Waals surface area (Å²) in [5, 5.41) is 17.8. The minimum atomic E-state index is -0.706. The molecule has 0 aliphatic carbocycles. The van der Waals surface area contributed by atoms with E-state index in [4.69, 9.17) is 14.3 Å². The molecule has 0 aromatic heterocycles. The molecule has 1 saturated heterocycles. The summed E-state index contributed by atoms with van der Waals surface area (Å²) in [6, 6.07) is 0. The van der Waals surface area contributed by atoms with E-state index in [1.165, 1.54) is 6.61 Å². The standard InChI is InChI=1S/C5H11O4Si/c6-1-3-5(7)4(9-10)2-8-3/h2-7H,1H2,10H3/t3-,4-,5-/m1/s1. The lowest BCUT2D eigenvalue weighted by molar-refractivity contribution is 0.00207. The summed E-state index contributed by atoms with van der Waals surface area (Å²) in [5.41, 5.74) is 0. The van der Waals surface area contributed by atoms with Crippen molar-refractivity contribution in [1.82, 2.24) is 0 Å². The van der Waals surface area contributed by atoms with Gasteiger partial charge in [-0.2, -0.15) is 0 Å². The summed E-state index contributed by atoms with van der Waals surface area (Å²) in [6.45, 7) is 1.26. The van der Waals surface area contributed by atoms with Crippen molar-refractivity contribution in [2.75, 3.05) is 6.61 Å². The molecule has 0 aromatic carbocycles. The first-order valence-corrected chi connectivity index (χ1v) is 3.91. The Morgan fingerprint density at radius 2 is 2.40 bits per heavy atom. The van der Waals surface area contributed by atoms with Crippen LogP contribution in [-0.2, 0) is 9.16 Å². The molecule has 1 aliphatic rings. The maximum atomic E-state index is 9.23. The van der Waals surface area contributed by atoms with Crippen LogP contribution in [0.25, 0.3) is 0 Å². The molecule has 0 aromatic rings. The fraction of sp³-hybridized carbons (Fsp3) is 0.800. The Morgan fingerprint density at radius 3 is 2.70 bits per heavy atom. The van der Waals surface area contributed by atoms with E-state index in [1.54, 1.807) is 0 Å². The van der Waals surface area contributed by atoms with E-state index in [1.807, 2.05) is 0 Å². The molecule has 0 unspecified atom stereocenters. The van der Waals surface area contributed by atoms with E-state index in [0.29, 0.717) is 10.5 Å². The first-order chi connectivity index (χ1) is 4.79. The molecule has 1 fully saturated rings. The normalized spacial score (nSPS) is 40.8. The molecule has 1 radical (unpaired) electrons. The molecule has 1 heterocycles. The fourth-order valence-corrected chi connectivity index (χ4v) is 1.29. The van der Waals surface area contributed by atoms with Crippen LogP contribution in [0.2, 0.25) is 0 Å². The predicted molar refractivity (Wildman–Crippen MR) is 37.1 cm³/mol. The third-order valence-corrected chi connectivity index (χ3v) is 2.10. The summed E-state index contributed by atoms with van der Waals surface area (Å²) < 4.78 is 9.84. The highest BCUT2D eigenvalue weighted by Crippen LogP contribution is 2.19. The van der Waals surface area contributed by atoms with Crippen molar-refractivity contribution in [3.63, 3.8) is 0 Å². The van der Waals surface area contributed by atoms with Crippen LogP contribution in [0.3, 0.4) is 0 Å². The molecule has 0 spiro atoms. The number of rotatable bonds is 2. The Labute approximate surface area is 62.3 Å². The van der Waals surface area contributed by atoms with Crippen LogP contribution in [0.4, 0.5) is 0 Å². The second kappa shape index (κ2) is 3.45. The molecule has 0 amide bonds. The van der Waals surface area contributed by atoms with Crippen molar-refractivity contribution in [3.8, 4) is 0 Å². The molecular weight excluding hydrogens is 152 g/mol. The Morgan fingerprint density at radius 1 is 1.70 bits per heavy atom. The number of aliphatic hydroxyl groups excluding tert-OH is 2. The Hall–Kier alpha value is 0.0569. The van der Waals surface area contributed by atoms with Gasteiger partial charge in [0, 0.05) is 0 Å². The summed E-state index contributed by atoms with van der Waals surface area (Å²) >= 11 is 0. The largest absolute Gasteiger partial charge is 0.420 e. The summed E-state index contributed by atoms with van der Waals surface area (Å²) in [6.07, 6.45) is -1.55. The maximum Gasteiger partial charge on any atom is 0.146 e.